The maximum absolute atomic E-state index is 13.7. The van der Waals surface area contributed by atoms with Gasteiger partial charge in [-0.15, -0.1) is 0 Å². The second kappa shape index (κ2) is 8.76. The fraction of sp³-hybridized carbons (Fsp3) is 0.296. The minimum atomic E-state index is -2.61. The number of aromatic hydroxyl groups is 1. The molecule has 3 aliphatic carbocycles. The third-order valence-electron chi connectivity index (χ3n) is 7.75. The monoisotopic (exact) mass is 558 g/mol. The number of nitrogens with zero attached hydrogens (tertiary/aromatic N) is 1. The number of fused-ring (bicyclic) bond motifs is 3. The summed E-state index contributed by atoms with van der Waals surface area (Å²) in [4.78, 5) is 39.9. The molecule has 3 aliphatic rings. The van der Waals surface area contributed by atoms with Gasteiger partial charge < -0.3 is 31.1 Å². The van der Waals surface area contributed by atoms with Crippen LogP contribution in [0.4, 0.5) is 5.69 Å². The molecule has 5 rings (SSSR count). The van der Waals surface area contributed by atoms with Crippen LogP contribution < -0.4 is 10.6 Å². The first kappa shape index (κ1) is 26.1. The van der Waals surface area contributed by atoms with Gasteiger partial charge in [-0.05, 0) is 48.1 Å². The Morgan fingerprint density at radius 2 is 1.76 bits per heavy atom. The average molecular weight is 559 g/mol. The molecule has 0 saturated heterocycles. The van der Waals surface area contributed by atoms with E-state index < -0.39 is 52.0 Å². The standard InChI is InChI=1S/C27H24Cl2N2O7/c1-31(2)17-9-13(10-3-4-15(28)16(29)7-10)22(33)20-14(17)6-11-5-12-8-18(32)21(26(30)37)25(36)27(12,38)24(35)19(11)23(20)34/h3-4,7,9,11-12,33-34,36,38H,5-6,8H2,1-2H3,(H2,30,37)/t11-,12?,27+/m1/s1. The molecular formula is C27H24Cl2N2O7. The molecule has 0 spiro atoms. The van der Waals surface area contributed by atoms with E-state index in [1.165, 1.54) is 0 Å². The summed E-state index contributed by atoms with van der Waals surface area (Å²) in [6, 6.07) is 6.52. The van der Waals surface area contributed by atoms with Gasteiger partial charge in [-0.25, -0.2) is 0 Å². The summed E-state index contributed by atoms with van der Waals surface area (Å²) in [5, 5.41) is 45.5. The largest absolute Gasteiger partial charge is 0.508 e. The number of aliphatic hydroxyl groups is 3. The highest BCUT2D eigenvalue weighted by atomic mass is 35.5. The molecule has 38 heavy (non-hydrogen) atoms. The van der Waals surface area contributed by atoms with Crippen LogP contribution in [0.5, 0.6) is 5.75 Å². The van der Waals surface area contributed by atoms with Crippen molar-refractivity contribution in [1.82, 2.24) is 0 Å². The van der Waals surface area contributed by atoms with Crippen LogP contribution in [0.3, 0.4) is 0 Å². The topological polar surface area (TPSA) is 161 Å². The van der Waals surface area contributed by atoms with Gasteiger partial charge in [0, 0.05) is 43.3 Å². The molecule has 1 amide bonds. The number of ketones is 2. The summed E-state index contributed by atoms with van der Waals surface area (Å²) in [7, 11) is 3.58. The zero-order valence-electron chi connectivity index (χ0n) is 20.4. The quantitative estimate of drug-likeness (QED) is 0.357. The number of Topliss-reactive ketones (excluding diaryl/α,β-unsaturated/α-hetero) is 2. The normalized spacial score (nSPS) is 24.7. The van der Waals surface area contributed by atoms with E-state index in [4.69, 9.17) is 28.9 Å². The van der Waals surface area contributed by atoms with Gasteiger partial charge in [0.25, 0.3) is 5.91 Å². The number of phenolic OH excluding ortho intramolecular Hbond substituents is 1. The molecule has 0 aliphatic heterocycles. The molecule has 6 N–H and O–H groups in total. The van der Waals surface area contributed by atoms with Crippen LogP contribution in [0.2, 0.25) is 10.0 Å². The van der Waals surface area contributed by atoms with Gasteiger partial charge >= 0.3 is 0 Å². The van der Waals surface area contributed by atoms with Crippen LogP contribution in [0, 0.1) is 11.8 Å². The van der Waals surface area contributed by atoms with Crippen molar-refractivity contribution in [2.75, 3.05) is 19.0 Å². The van der Waals surface area contributed by atoms with Crippen LogP contribution in [0.25, 0.3) is 16.9 Å². The SMILES string of the molecule is CN(C)c1cc(-c2ccc(Cl)c(Cl)c2)c(O)c2c1C[C@H]1CC3CC(=O)C(C(N)=O)=C(O)[C@@]3(O)C(=O)C1=C2O. The van der Waals surface area contributed by atoms with Crippen molar-refractivity contribution >= 4 is 52.1 Å². The number of primary amides is 1. The number of anilines is 1. The predicted molar refractivity (Wildman–Crippen MR) is 141 cm³/mol. The molecule has 0 aromatic heterocycles. The number of rotatable bonds is 3. The first-order valence-corrected chi connectivity index (χ1v) is 12.5. The van der Waals surface area contributed by atoms with Crippen molar-refractivity contribution in [3.63, 3.8) is 0 Å². The van der Waals surface area contributed by atoms with E-state index in [9.17, 15) is 34.8 Å². The summed E-state index contributed by atoms with van der Waals surface area (Å²) >= 11 is 12.3. The van der Waals surface area contributed by atoms with Crippen LogP contribution in [-0.2, 0) is 20.8 Å². The van der Waals surface area contributed by atoms with Gasteiger partial charge in [0.15, 0.2) is 11.4 Å². The lowest BCUT2D eigenvalue weighted by atomic mass is 9.59. The molecule has 0 bridgehead atoms. The summed E-state index contributed by atoms with van der Waals surface area (Å²) in [6.07, 6.45) is -0.105. The van der Waals surface area contributed by atoms with Crippen molar-refractivity contribution < 1.29 is 34.8 Å². The molecule has 3 atom stereocenters. The Morgan fingerprint density at radius 1 is 1.08 bits per heavy atom. The minimum absolute atomic E-state index is 0.00408. The van der Waals surface area contributed by atoms with Gasteiger partial charge in [0.05, 0.1) is 15.6 Å². The van der Waals surface area contributed by atoms with E-state index in [-0.39, 0.29) is 41.2 Å². The number of carbonyl (C=O) groups is 3. The molecule has 198 valence electrons. The third kappa shape index (κ3) is 3.53. The number of hydrogen-bond donors (Lipinski definition) is 5. The molecular weight excluding hydrogens is 535 g/mol. The molecule has 11 heteroatoms. The summed E-state index contributed by atoms with van der Waals surface area (Å²) < 4.78 is 0. The molecule has 1 saturated carbocycles. The van der Waals surface area contributed by atoms with E-state index in [1.807, 2.05) is 0 Å². The maximum atomic E-state index is 13.7. The Kier molecular flexibility index (Phi) is 6.01. The van der Waals surface area contributed by atoms with Gasteiger partial charge in [-0.2, -0.15) is 0 Å². The fourth-order valence-corrected chi connectivity index (χ4v) is 6.25. The number of nitrogens with two attached hydrogens (primary N) is 1. The van der Waals surface area contributed by atoms with Crippen molar-refractivity contribution in [2.24, 2.45) is 17.6 Å². The highest BCUT2D eigenvalue weighted by molar-refractivity contribution is 6.42. The first-order chi connectivity index (χ1) is 17.8. The van der Waals surface area contributed by atoms with Gasteiger partial charge in [-0.1, -0.05) is 29.3 Å². The van der Waals surface area contributed by atoms with Gasteiger partial charge in [0.2, 0.25) is 5.78 Å². The van der Waals surface area contributed by atoms with Gasteiger partial charge in [-0.3, -0.25) is 14.4 Å². The Morgan fingerprint density at radius 3 is 2.37 bits per heavy atom. The number of hydrogen-bond acceptors (Lipinski definition) is 8. The molecule has 1 fully saturated rings. The lowest BCUT2D eigenvalue weighted by Crippen LogP contribution is -2.58. The van der Waals surface area contributed by atoms with Crippen molar-refractivity contribution in [1.29, 1.82) is 0 Å². The van der Waals surface area contributed by atoms with Crippen LogP contribution in [0.15, 0.2) is 41.2 Å². The lowest BCUT2D eigenvalue weighted by molar-refractivity contribution is -0.147. The number of aliphatic hydroxyl groups excluding tert-OH is 2. The van der Waals surface area contributed by atoms with Crippen LogP contribution >= 0.6 is 23.2 Å². The third-order valence-corrected chi connectivity index (χ3v) is 8.49. The van der Waals surface area contributed by atoms with E-state index in [2.05, 4.69) is 0 Å². The molecule has 9 nitrogen and oxygen atoms in total. The van der Waals surface area contributed by atoms with Crippen molar-refractivity contribution in [3.8, 4) is 16.9 Å². The molecule has 2 aromatic rings. The highest BCUT2D eigenvalue weighted by Crippen LogP contribution is 2.54. The molecule has 1 unspecified atom stereocenters. The molecule has 0 heterocycles. The van der Waals surface area contributed by atoms with E-state index in [0.717, 1.165) is 0 Å². The zero-order chi connectivity index (χ0) is 27.8. The number of phenols is 1. The Labute approximate surface area is 227 Å². The zero-order valence-corrected chi connectivity index (χ0v) is 21.9. The average Bonchev–Trinajstić information content (AvgIpc) is 2.83. The van der Waals surface area contributed by atoms with E-state index in [1.54, 1.807) is 43.3 Å². The first-order valence-electron chi connectivity index (χ1n) is 11.8. The summed E-state index contributed by atoms with van der Waals surface area (Å²) in [6.45, 7) is 0. The number of benzene rings is 2. The Hall–Kier alpha value is -3.53. The summed E-state index contributed by atoms with van der Waals surface area (Å²) in [5.74, 6) is -6.69. The second-order valence-electron chi connectivity index (χ2n) is 10.1. The number of carbonyl (C=O) groups excluding carboxylic acids is 3. The fourth-order valence-electron chi connectivity index (χ4n) is 5.95. The summed E-state index contributed by atoms with van der Waals surface area (Å²) in [5.41, 5.74) is 3.66. The Balaban J connectivity index is 1.75. The van der Waals surface area contributed by atoms with E-state index in [0.29, 0.717) is 27.4 Å². The van der Waals surface area contributed by atoms with E-state index >= 15 is 0 Å². The smallest absolute Gasteiger partial charge is 0.255 e. The van der Waals surface area contributed by atoms with Crippen molar-refractivity contribution in [3.05, 3.63) is 62.3 Å². The molecule has 2 aromatic carbocycles. The second-order valence-corrected chi connectivity index (χ2v) is 10.9. The Bertz CT molecular complexity index is 1530. The highest BCUT2D eigenvalue weighted by Gasteiger charge is 2.60. The van der Waals surface area contributed by atoms with Crippen LogP contribution in [-0.4, -0.2) is 57.6 Å². The van der Waals surface area contributed by atoms with Crippen molar-refractivity contribution in [2.45, 2.75) is 24.9 Å². The van der Waals surface area contributed by atoms with Gasteiger partial charge in [0.1, 0.15) is 22.8 Å². The number of amides is 1. The predicted octanol–water partition coefficient (Wildman–Crippen LogP) is 3.46. The maximum Gasteiger partial charge on any atom is 0.255 e. The lowest BCUT2D eigenvalue weighted by Gasteiger charge is -2.46. The molecule has 0 radical (unpaired) electrons. The minimum Gasteiger partial charge on any atom is -0.508 e. The number of halogens is 2. The van der Waals surface area contributed by atoms with Crippen LogP contribution in [0.1, 0.15) is 24.0 Å².